The Labute approximate surface area is 113 Å². The summed E-state index contributed by atoms with van der Waals surface area (Å²) in [6, 6.07) is 1.78. The summed E-state index contributed by atoms with van der Waals surface area (Å²) in [5.74, 6) is 0.529. The normalized spacial score (nSPS) is 25.3. The summed E-state index contributed by atoms with van der Waals surface area (Å²) < 4.78 is 6.07. The molecule has 0 aromatic carbocycles. The first-order valence-corrected chi connectivity index (χ1v) is 7.04. The zero-order chi connectivity index (χ0) is 13.6. The number of rotatable bonds is 2. The first-order chi connectivity index (χ1) is 8.18. The van der Waals surface area contributed by atoms with Gasteiger partial charge in [0.25, 0.3) is 0 Å². The predicted molar refractivity (Wildman–Crippen MR) is 74.7 cm³/mol. The molecular formula is C13H21N3OS. The maximum absolute atomic E-state index is 6.07. The average molecular weight is 267 g/mol. The highest BCUT2D eigenvalue weighted by atomic mass is 32.2. The lowest BCUT2D eigenvalue weighted by Gasteiger charge is -2.26. The van der Waals surface area contributed by atoms with Crippen molar-refractivity contribution in [1.82, 2.24) is 9.97 Å². The van der Waals surface area contributed by atoms with Crippen LogP contribution in [0.2, 0.25) is 0 Å². The van der Waals surface area contributed by atoms with E-state index < -0.39 is 0 Å². The van der Waals surface area contributed by atoms with Crippen molar-refractivity contribution in [3.63, 3.8) is 0 Å². The lowest BCUT2D eigenvalue weighted by atomic mass is 10.0. The topological polar surface area (TPSA) is 61.0 Å². The SMILES string of the molecule is Cc1cc(N)nc(SC2CC(C)(C)OC2(C)C)n1. The minimum atomic E-state index is -0.171. The van der Waals surface area contributed by atoms with E-state index in [0.29, 0.717) is 11.1 Å². The molecular weight excluding hydrogens is 246 g/mol. The van der Waals surface area contributed by atoms with Crippen molar-refractivity contribution in [2.75, 3.05) is 5.73 Å². The fraction of sp³-hybridized carbons (Fsp3) is 0.692. The van der Waals surface area contributed by atoms with Crippen molar-refractivity contribution in [3.8, 4) is 0 Å². The molecule has 1 fully saturated rings. The average Bonchev–Trinajstić information content (AvgIpc) is 2.31. The minimum Gasteiger partial charge on any atom is -0.384 e. The second-order valence-corrected chi connectivity index (χ2v) is 7.16. The number of nitrogen functional groups attached to an aromatic ring is 1. The Morgan fingerprint density at radius 1 is 1.33 bits per heavy atom. The number of ether oxygens (including phenoxy) is 1. The van der Waals surface area contributed by atoms with Crippen molar-refractivity contribution < 1.29 is 4.74 Å². The molecule has 0 amide bonds. The number of aromatic nitrogens is 2. The summed E-state index contributed by atoms with van der Waals surface area (Å²) >= 11 is 1.66. The van der Waals surface area contributed by atoms with Crippen molar-refractivity contribution in [2.45, 2.75) is 62.6 Å². The molecule has 2 heterocycles. The van der Waals surface area contributed by atoms with Gasteiger partial charge in [0.15, 0.2) is 5.16 Å². The van der Waals surface area contributed by atoms with Crippen LogP contribution < -0.4 is 5.73 Å². The van der Waals surface area contributed by atoms with E-state index in [1.165, 1.54) is 0 Å². The fourth-order valence-corrected chi connectivity index (χ4v) is 3.87. The van der Waals surface area contributed by atoms with Crippen LogP contribution in [-0.4, -0.2) is 26.4 Å². The number of anilines is 1. The Morgan fingerprint density at radius 3 is 2.50 bits per heavy atom. The first-order valence-electron chi connectivity index (χ1n) is 6.16. The predicted octanol–water partition coefficient (Wildman–Crippen LogP) is 2.81. The van der Waals surface area contributed by atoms with Crippen LogP contribution in [0.5, 0.6) is 0 Å². The summed E-state index contributed by atoms with van der Waals surface area (Å²) in [6.07, 6.45) is 0.988. The van der Waals surface area contributed by atoms with Crippen LogP contribution in [0.15, 0.2) is 11.2 Å². The third-order valence-corrected chi connectivity index (χ3v) is 4.51. The van der Waals surface area contributed by atoms with Gasteiger partial charge in [-0.1, -0.05) is 11.8 Å². The van der Waals surface area contributed by atoms with Crippen LogP contribution in [0.4, 0.5) is 5.82 Å². The Morgan fingerprint density at radius 2 is 2.00 bits per heavy atom. The Bertz CT molecular complexity index is 439. The van der Waals surface area contributed by atoms with Gasteiger partial charge in [-0.05, 0) is 41.0 Å². The molecule has 0 radical (unpaired) electrons. The number of aryl methyl sites for hydroxylation is 1. The molecule has 0 bridgehead atoms. The molecule has 1 aliphatic heterocycles. The fourth-order valence-electron chi connectivity index (χ4n) is 2.44. The van der Waals surface area contributed by atoms with Gasteiger partial charge in [-0.25, -0.2) is 9.97 Å². The van der Waals surface area contributed by atoms with Crippen molar-refractivity contribution in [3.05, 3.63) is 11.8 Å². The van der Waals surface area contributed by atoms with E-state index in [4.69, 9.17) is 10.5 Å². The Balaban J connectivity index is 2.19. The Hall–Kier alpha value is -0.810. The quantitative estimate of drug-likeness (QED) is 0.835. The molecule has 1 saturated heterocycles. The lowest BCUT2D eigenvalue weighted by molar-refractivity contribution is -0.0631. The number of nitrogens with zero attached hydrogens (tertiary/aromatic N) is 2. The highest BCUT2D eigenvalue weighted by Crippen LogP contribution is 2.45. The standard InChI is InChI=1S/C13H21N3OS/c1-8-6-10(14)16-11(15-8)18-9-7-12(2,3)17-13(9,4)5/h6,9H,7H2,1-5H3,(H2,14,15,16). The van der Waals surface area contributed by atoms with Gasteiger partial charge in [0, 0.05) is 17.0 Å². The summed E-state index contributed by atoms with van der Waals surface area (Å²) in [5, 5.41) is 1.08. The molecule has 1 aromatic heterocycles. The van der Waals surface area contributed by atoms with Crippen molar-refractivity contribution in [2.24, 2.45) is 0 Å². The first kappa shape index (κ1) is 13.6. The van der Waals surface area contributed by atoms with Crippen LogP contribution in [-0.2, 0) is 4.74 Å². The van der Waals surface area contributed by atoms with E-state index in [-0.39, 0.29) is 11.2 Å². The lowest BCUT2D eigenvalue weighted by Crippen LogP contribution is -2.31. The second kappa shape index (κ2) is 4.38. The molecule has 100 valence electrons. The molecule has 1 unspecified atom stereocenters. The third-order valence-electron chi connectivity index (χ3n) is 3.09. The van der Waals surface area contributed by atoms with Gasteiger partial charge in [0.05, 0.1) is 11.2 Å². The van der Waals surface area contributed by atoms with Gasteiger partial charge in [-0.3, -0.25) is 0 Å². The largest absolute Gasteiger partial charge is 0.384 e. The highest BCUT2D eigenvalue weighted by Gasteiger charge is 2.46. The second-order valence-electron chi connectivity index (χ2n) is 5.99. The molecule has 1 aromatic rings. The molecule has 5 heteroatoms. The summed E-state index contributed by atoms with van der Waals surface area (Å²) in [6.45, 7) is 10.4. The number of hydrogen-bond donors (Lipinski definition) is 1. The maximum Gasteiger partial charge on any atom is 0.190 e. The van der Waals surface area contributed by atoms with E-state index in [2.05, 4.69) is 37.7 Å². The molecule has 18 heavy (non-hydrogen) atoms. The van der Waals surface area contributed by atoms with Gasteiger partial charge in [-0.15, -0.1) is 0 Å². The minimum absolute atomic E-state index is 0.0868. The van der Waals surface area contributed by atoms with Gasteiger partial charge < -0.3 is 10.5 Å². The molecule has 1 atom stereocenters. The highest BCUT2D eigenvalue weighted by molar-refractivity contribution is 7.99. The van der Waals surface area contributed by atoms with Crippen LogP contribution in [0.3, 0.4) is 0 Å². The number of hydrogen-bond acceptors (Lipinski definition) is 5. The van der Waals surface area contributed by atoms with Gasteiger partial charge in [0.2, 0.25) is 0 Å². The van der Waals surface area contributed by atoms with Gasteiger partial charge >= 0.3 is 0 Å². The molecule has 4 nitrogen and oxygen atoms in total. The zero-order valence-electron chi connectivity index (χ0n) is 11.7. The van der Waals surface area contributed by atoms with Crippen LogP contribution in [0.1, 0.15) is 39.8 Å². The van der Waals surface area contributed by atoms with Crippen LogP contribution >= 0.6 is 11.8 Å². The van der Waals surface area contributed by atoms with Crippen LogP contribution in [0, 0.1) is 6.92 Å². The van der Waals surface area contributed by atoms with E-state index in [0.717, 1.165) is 17.3 Å². The molecule has 2 rings (SSSR count). The summed E-state index contributed by atoms with van der Waals surface area (Å²) in [5.41, 5.74) is 6.41. The smallest absolute Gasteiger partial charge is 0.190 e. The number of nitrogens with two attached hydrogens (primary N) is 1. The third kappa shape index (κ3) is 2.95. The van der Waals surface area contributed by atoms with Gasteiger partial charge in [0.1, 0.15) is 5.82 Å². The van der Waals surface area contributed by atoms with E-state index in [1.807, 2.05) is 6.92 Å². The van der Waals surface area contributed by atoms with E-state index >= 15 is 0 Å². The Kier molecular flexibility index (Phi) is 3.32. The molecule has 0 saturated carbocycles. The number of thioether (sulfide) groups is 1. The summed E-state index contributed by atoms with van der Waals surface area (Å²) in [7, 11) is 0. The zero-order valence-corrected chi connectivity index (χ0v) is 12.5. The van der Waals surface area contributed by atoms with Crippen molar-refractivity contribution >= 4 is 17.6 Å². The molecule has 0 spiro atoms. The summed E-state index contributed by atoms with van der Waals surface area (Å²) in [4.78, 5) is 8.71. The maximum atomic E-state index is 6.07. The monoisotopic (exact) mass is 267 g/mol. The van der Waals surface area contributed by atoms with Crippen molar-refractivity contribution in [1.29, 1.82) is 0 Å². The van der Waals surface area contributed by atoms with Gasteiger partial charge in [-0.2, -0.15) is 0 Å². The van der Waals surface area contributed by atoms with Crippen LogP contribution in [0.25, 0.3) is 0 Å². The van der Waals surface area contributed by atoms with E-state index in [1.54, 1.807) is 17.8 Å². The molecule has 0 aliphatic carbocycles. The molecule has 2 N–H and O–H groups in total. The van der Waals surface area contributed by atoms with E-state index in [9.17, 15) is 0 Å². The molecule has 1 aliphatic rings.